The third kappa shape index (κ3) is 6.62. The summed E-state index contributed by atoms with van der Waals surface area (Å²) < 4.78 is 17.3. The fourth-order valence-electron chi connectivity index (χ4n) is 3.14. The van der Waals surface area contributed by atoms with Gasteiger partial charge in [0.15, 0.2) is 5.79 Å². The van der Waals surface area contributed by atoms with Crippen LogP contribution in [0.2, 0.25) is 0 Å². The first-order chi connectivity index (χ1) is 11.1. The van der Waals surface area contributed by atoms with Crippen molar-refractivity contribution in [2.24, 2.45) is 0 Å². The summed E-state index contributed by atoms with van der Waals surface area (Å²) in [5, 5.41) is 10.4. The SMILES string of the molecule is COCC(C1COC(C)(C)O1)N1CCNCCNCCNCC1. The topological polar surface area (TPSA) is 67.0 Å². The molecule has 7 nitrogen and oxygen atoms in total. The van der Waals surface area contributed by atoms with E-state index in [2.05, 4.69) is 20.9 Å². The summed E-state index contributed by atoms with van der Waals surface area (Å²) in [7, 11) is 1.76. The lowest BCUT2D eigenvalue weighted by Crippen LogP contribution is -2.52. The van der Waals surface area contributed by atoms with Gasteiger partial charge in [0.1, 0.15) is 6.10 Å². The van der Waals surface area contributed by atoms with E-state index in [1.165, 1.54) is 0 Å². The second kappa shape index (κ2) is 9.88. The van der Waals surface area contributed by atoms with Crippen molar-refractivity contribution in [3.63, 3.8) is 0 Å². The molecule has 2 fully saturated rings. The fraction of sp³-hybridized carbons (Fsp3) is 1.00. The van der Waals surface area contributed by atoms with Gasteiger partial charge in [-0.05, 0) is 13.8 Å². The Bertz CT molecular complexity index is 318. The second-order valence-corrected chi connectivity index (χ2v) is 6.68. The van der Waals surface area contributed by atoms with Gasteiger partial charge in [0.2, 0.25) is 0 Å². The molecule has 0 radical (unpaired) electrons. The van der Waals surface area contributed by atoms with Crippen LogP contribution in [0.1, 0.15) is 13.8 Å². The second-order valence-electron chi connectivity index (χ2n) is 6.68. The van der Waals surface area contributed by atoms with Gasteiger partial charge in [-0.3, -0.25) is 4.90 Å². The van der Waals surface area contributed by atoms with Crippen LogP contribution in [0, 0.1) is 0 Å². The Labute approximate surface area is 140 Å². The van der Waals surface area contributed by atoms with Gasteiger partial charge in [0, 0.05) is 59.5 Å². The van der Waals surface area contributed by atoms with Crippen LogP contribution in [0.25, 0.3) is 0 Å². The zero-order chi connectivity index (χ0) is 16.5. The summed E-state index contributed by atoms with van der Waals surface area (Å²) in [5.41, 5.74) is 0. The van der Waals surface area contributed by atoms with E-state index in [0.717, 1.165) is 52.4 Å². The molecule has 0 spiro atoms. The maximum atomic E-state index is 6.09. The van der Waals surface area contributed by atoms with E-state index in [0.29, 0.717) is 13.2 Å². The Hall–Kier alpha value is -0.280. The molecular weight excluding hydrogens is 296 g/mol. The Morgan fingerprint density at radius 2 is 1.61 bits per heavy atom. The Morgan fingerprint density at radius 1 is 1.04 bits per heavy atom. The molecule has 0 aliphatic carbocycles. The summed E-state index contributed by atoms with van der Waals surface area (Å²) in [6, 6.07) is 0.214. The van der Waals surface area contributed by atoms with Gasteiger partial charge in [-0.2, -0.15) is 0 Å². The van der Waals surface area contributed by atoms with E-state index in [1.54, 1.807) is 7.11 Å². The van der Waals surface area contributed by atoms with Crippen LogP contribution in [0.15, 0.2) is 0 Å². The molecule has 0 aromatic heterocycles. The molecule has 2 aliphatic heterocycles. The van der Waals surface area contributed by atoms with Gasteiger partial charge in [0.05, 0.1) is 19.3 Å². The van der Waals surface area contributed by atoms with Crippen LogP contribution in [0.5, 0.6) is 0 Å². The lowest BCUT2D eigenvalue weighted by Gasteiger charge is -2.35. The van der Waals surface area contributed by atoms with Crippen LogP contribution >= 0.6 is 0 Å². The average Bonchev–Trinajstić information content (AvgIpc) is 2.86. The van der Waals surface area contributed by atoms with Crippen molar-refractivity contribution in [2.75, 3.05) is 72.7 Å². The summed E-state index contributed by atoms with van der Waals surface area (Å²) >= 11 is 0. The molecule has 2 atom stereocenters. The number of rotatable bonds is 4. The highest BCUT2D eigenvalue weighted by atomic mass is 16.7. The van der Waals surface area contributed by atoms with Gasteiger partial charge >= 0.3 is 0 Å². The van der Waals surface area contributed by atoms with Crippen molar-refractivity contribution in [1.29, 1.82) is 0 Å². The highest BCUT2D eigenvalue weighted by Crippen LogP contribution is 2.26. The Balaban J connectivity index is 1.95. The summed E-state index contributed by atoms with van der Waals surface area (Å²) in [6.45, 7) is 13.2. The number of methoxy groups -OCH3 is 1. The van der Waals surface area contributed by atoms with Crippen molar-refractivity contribution < 1.29 is 14.2 Å². The lowest BCUT2D eigenvalue weighted by atomic mass is 10.1. The monoisotopic (exact) mass is 330 g/mol. The van der Waals surface area contributed by atoms with Gasteiger partial charge < -0.3 is 30.2 Å². The molecular formula is C16H34N4O3. The summed E-state index contributed by atoms with van der Waals surface area (Å²) in [4.78, 5) is 2.47. The van der Waals surface area contributed by atoms with E-state index in [4.69, 9.17) is 14.2 Å². The third-order valence-electron chi connectivity index (χ3n) is 4.37. The minimum absolute atomic E-state index is 0.0551. The maximum absolute atomic E-state index is 6.09. The van der Waals surface area contributed by atoms with Gasteiger partial charge in [-0.25, -0.2) is 0 Å². The van der Waals surface area contributed by atoms with E-state index in [9.17, 15) is 0 Å². The van der Waals surface area contributed by atoms with E-state index >= 15 is 0 Å². The molecule has 7 heteroatoms. The predicted molar refractivity (Wildman–Crippen MR) is 90.8 cm³/mol. The summed E-state index contributed by atoms with van der Waals surface area (Å²) in [5.74, 6) is -0.495. The van der Waals surface area contributed by atoms with E-state index in [-0.39, 0.29) is 12.1 Å². The molecule has 2 saturated heterocycles. The maximum Gasteiger partial charge on any atom is 0.163 e. The molecule has 0 aromatic carbocycles. The van der Waals surface area contributed by atoms with Gasteiger partial charge in [0.25, 0.3) is 0 Å². The molecule has 2 heterocycles. The molecule has 3 N–H and O–H groups in total. The lowest BCUT2D eigenvalue weighted by molar-refractivity contribution is -0.149. The molecule has 0 saturated carbocycles. The van der Waals surface area contributed by atoms with Crippen molar-refractivity contribution >= 4 is 0 Å². The van der Waals surface area contributed by atoms with Crippen LogP contribution in [0.3, 0.4) is 0 Å². The first kappa shape index (κ1) is 19.1. The molecule has 0 amide bonds. The first-order valence-electron chi connectivity index (χ1n) is 8.79. The molecule has 23 heavy (non-hydrogen) atoms. The number of nitrogens with one attached hydrogen (secondary N) is 3. The smallest absolute Gasteiger partial charge is 0.163 e. The largest absolute Gasteiger partial charge is 0.383 e. The van der Waals surface area contributed by atoms with Crippen LogP contribution in [-0.4, -0.2) is 95.5 Å². The number of ether oxygens (including phenoxy) is 3. The van der Waals surface area contributed by atoms with Crippen LogP contribution in [0.4, 0.5) is 0 Å². The third-order valence-corrected chi connectivity index (χ3v) is 4.37. The van der Waals surface area contributed by atoms with Crippen molar-refractivity contribution in [3.05, 3.63) is 0 Å². The van der Waals surface area contributed by atoms with Crippen molar-refractivity contribution in [2.45, 2.75) is 31.8 Å². The van der Waals surface area contributed by atoms with Gasteiger partial charge in [-0.15, -0.1) is 0 Å². The minimum atomic E-state index is -0.495. The van der Waals surface area contributed by atoms with Crippen LogP contribution in [-0.2, 0) is 14.2 Å². The molecule has 2 aliphatic rings. The quantitative estimate of drug-likeness (QED) is 0.626. The number of hydrogen-bond acceptors (Lipinski definition) is 7. The zero-order valence-corrected chi connectivity index (χ0v) is 14.9. The van der Waals surface area contributed by atoms with E-state index < -0.39 is 5.79 Å². The Kier molecular flexibility index (Phi) is 8.18. The van der Waals surface area contributed by atoms with Crippen LogP contribution < -0.4 is 16.0 Å². The molecule has 2 rings (SSSR count). The fourth-order valence-corrected chi connectivity index (χ4v) is 3.14. The minimum Gasteiger partial charge on any atom is -0.383 e. The van der Waals surface area contributed by atoms with Crippen molar-refractivity contribution in [3.8, 4) is 0 Å². The molecule has 2 unspecified atom stereocenters. The highest BCUT2D eigenvalue weighted by Gasteiger charge is 2.39. The first-order valence-corrected chi connectivity index (χ1v) is 8.79. The van der Waals surface area contributed by atoms with E-state index in [1.807, 2.05) is 13.8 Å². The number of nitrogens with zero attached hydrogens (tertiary/aromatic N) is 1. The zero-order valence-electron chi connectivity index (χ0n) is 14.9. The standard InChI is InChI=1S/C16H34N4O3/c1-16(2)22-13-15(23-16)14(12-21-3)20-10-8-18-6-4-17-5-7-19-9-11-20/h14-15,17-19H,4-13H2,1-3H3. The normalized spacial score (nSPS) is 29.6. The highest BCUT2D eigenvalue weighted by molar-refractivity contribution is 4.86. The average molecular weight is 330 g/mol. The molecule has 0 aromatic rings. The Morgan fingerprint density at radius 3 is 2.09 bits per heavy atom. The molecule has 0 bridgehead atoms. The number of hydrogen-bond donors (Lipinski definition) is 3. The summed E-state index contributed by atoms with van der Waals surface area (Å²) in [6.07, 6.45) is 0.0551. The van der Waals surface area contributed by atoms with Crippen molar-refractivity contribution in [1.82, 2.24) is 20.9 Å². The van der Waals surface area contributed by atoms with Gasteiger partial charge in [-0.1, -0.05) is 0 Å². The molecule has 136 valence electrons. The predicted octanol–water partition coefficient (Wildman–Crippen LogP) is -0.763.